The fourth-order valence-electron chi connectivity index (χ4n) is 1.22. The van der Waals surface area contributed by atoms with Gasteiger partial charge in [-0.2, -0.15) is 0 Å². The second-order valence-corrected chi connectivity index (χ2v) is 4.29. The van der Waals surface area contributed by atoms with Gasteiger partial charge >= 0.3 is 0 Å². The highest BCUT2D eigenvalue weighted by Gasteiger charge is 1.98. The maximum absolute atomic E-state index is 5.70. The summed E-state index contributed by atoms with van der Waals surface area (Å²) in [7, 11) is 0. The molecule has 0 aliphatic heterocycles. The van der Waals surface area contributed by atoms with Crippen LogP contribution >= 0.6 is 22.9 Å². The molecule has 0 aliphatic carbocycles. The zero-order chi connectivity index (χ0) is 10.5. The molecule has 2 rings (SSSR count). The van der Waals surface area contributed by atoms with Crippen LogP contribution in [-0.4, -0.2) is 21.5 Å². The molecule has 0 aliphatic rings. The molecule has 80 valence electrons. The third-order valence-corrected chi connectivity index (χ3v) is 3.02. The van der Waals surface area contributed by atoms with Crippen LogP contribution in [0.4, 0.5) is 5.13 Å². The van der Waals surface area contributed by atoms with Crippen molar-refractivity contribution in [2.24, 2.45) is 0 Å². The van der Waals surface area contributed by atoms with Crippen molar-refractivity contribution in [3.63, 3.8) is 0 Å². The summed E-state index contributed by atoms with van der Waals surface area (Å²) in [5.74, 6) is 1.02. The van der Waals surface area contributed by atoms with Crippen molar-refractivity contribution in [2.45, 2.75) is 12.8 Å². The average molecular weight is 243 g/mol. The molecular weight excluding hydrogens is 232 g/mol. The van der Waals surface area contributed by atoms with E-state index in [0.717, 1.165) is 30.3 Å². The quantitative estimate of drug-likeness (QED) is 0.793. The number of nitrogens with one attached hydrogen (secondary N) is 2. The number of aromatic nitrogens is 3. The second kappa shape index (κ2) is 5.14. The lowest BCUT2D eigenvalue weighted by atomic mass is 10.3. The van der Waals surface area contributed by atoms with Crippen LogP contribution < -0.4 is 5.32 Å². The molecular formula is C9H11ClN4S. The first-order valence-corrected chi connectivity index (χ1v) is 5.93. The van der Waals surface area contributed by atoms with Crippen LogP contribution in [-0.2, 0) is 6.42 Å². The summed E-state index contributed by atoms with van der Waals surface area (Å²) in [6, 6.07) is 0. The molecule has 0 aromatic carbocycles. The number of nitrogens with zero attached hydrogens (tertiary/aromatic N) is 2. The third-order valence-electron chi connectivity index (χ3n) is 1.90. The molecule has 0 bridgehead atoms. The standard InChI is InChI=1S/C9H11ClN4S/c10-7-6-15-9(14-7)13-3-1-2-8-11-4-5-12-8/h4-6H,1-3H2,(H,11,12)(H,13,14). The smallest absolute Gasteiger partial charge is 0.184 e. The Morgan fingerprint density at radius 3 is 3.13 bits per heavy atom. The van der Waals surface area contributed by atoms with E-state index >= 15 is 0 Å². The van der Waals surface area contributed by atoms with Crippen LogP contribution in [0.5, 0.6) is 0 Å². The fourth-order valence-corrected chi connectivity index (χ4v) is 2.09. The molecule has 2 N–H and O–H groups in total. The molecule has 0 saturated carbocycles. The summed E-state index contributed by atoms with van der Waals surface area (Å²) in [5.41, 5.74) is 0. The van der Waals surface area contributed by atoms with Gasteiger partial charge in [0, 0.05) is 30.7 Å². The van der Waals surface area contributed by atoms with E-state index in [4.69, 9.17) is 11.6 Å². The number of aryl methyl sites for hydroxylation is 1. The molecule has 6 heteroatoms. The van der Waals surface area contributed by atoms with Gasteiger partial charge in [0.25, 0.3) is 0 Å². The summed E-state index contributed by atoms with van der Waals surface area (Å²) in [6.45, 7) is 0.880. The van der Waals surface area contributed by atoms with Gasteiger partial charge in [-0.05, 0) is 6.42 Å². The second-order valence-electron chi connectivity index (χ2n) is 3.04. The molecule has 0 radical (unpaired) electrons. The van der Waals surface area contributed by atoms with Crippen LogP contribution in [0.3, 0.4) is 0 Å². The largest absolute Gasteiger partial charge is 0.361 e. The minimum atomic E-state index is 0.550. The number of hydrogen-bond donors (Lipinski definition) is 2. The lowest BCUT2D eigenvalue weighted by molar-refractivity contribution is 0.816. The lowest BCUT2D eigenvalue weighted by Crippen LogP contribution is -2.03. The van der Waals surface area contributed by atoms with Gasteiger partial charge in [0.1, 0.15) is 11.0 Å². The highest BCUT2D eigenvalue weighted by molar-refractivity contribution is 7.14. The Hall–Kier alpha value is -1.07. The Morgan fingerprint density at radius 1 is 1.53 bits per heavy atom. The van der Waals surface area contributed by atoms with E-state index in [1.807, 2.05) is 11.6 Å². The Morgan fingerprint density at radius 2 is 2.47 bits per heavy atom. The van der Waals surface area contributed by atoms with Crippen molar-refractivity contribution < 1.29 is 0 Å². The molecule has 0 amide bonds. The van der Waals surface area contributed by atoms with Crippen molar-refractivity contribution in [1.82, 2.24) is 15.0 Å². The molecule has 2 heterocycles. The first-order valence-electron chi connectivity index (χ1n) is 4.68. The lowest BCUT2D eigenvalue weighted by Gasteiger charge is -2.00. The first kappa shape index (κ1) is 10.4. The van der Waals surface area contributed by atoms with E-state index in [-0.39, 0.29) is 0 Å². The number of H-pyrrole nitrogens is 1. The summed E-state index contributed by atoms with van der Waals surface area (Å²) < 4.78 is 0. The Balaban J connectivity index is 1.67. The van der Waals surface area contributed by atoms with Crippen LogP contribution in [0.25, 0.3) is 0 Å². The van der Waals surface area contributed by atoms with Crippen molar-refractivity contribution >= 4 is 28.1 Å². The summed E-state index contributed by atoms with van der Waals surface area (Å²) in [6.07, 6.45) is 5.57. The topological polar surface area (TPSA) is 53.6 Å². The number of rotatable bonds is 5. The van der Waals surface area contributed by atoms with E-state index in [1.54, 1.807) is 6.20 Å². The minimum absolute atomic E-state index is 0.550. The number of thiazole rings is 1. The Bertz CT molecular complexity index is 398. The molecule has 2 aromatic heterocycles. The van der Waals surface area contributed by atoms with Crippen molar-refractivity contribution in [1.29, 1.82) is 0 Å². The maximum Gasteiger partial charge on any atom is 0.184 e. The van der Waals surface area contributed by atoms with E-state index in [2.05, 4.69) is 20.3 Å². The molecule has 0 saturated heterocycles. The molecule has 0 fully saturated rings. The predicted octanol–water partition coefficient (Wildman–Crippen LogP) is 2.56. The van der Waals surface area contributed by atoms with E-state index < -0.39 is 0 Å². The van der Waals surface area contributed by atoms with Gasteiger partial charge < -0.3 is 10.3 Å². The van der Waals surface area contributed by atoms with Gasteiger partial charge in [-0.15, -0.1) is 11.3 Å². The Kier molecular flexibility index (Phi) is 3.58. The van der Waals surface area contributed by atoms with Gasteiger partial charge in [0.2, 0.25) is 0 Å². The fraction of sp³-hybridized carbons (Fsp3) is 0.333. The van der Waals surface area contributed by atoms with Crippen molar-refractivity contribution in [2.75, 3.05) is 11.9 Å². The zero-order valence-corrected chi connectivity index (χ0v) is 9.61. The van der Waals surface area contributed by atoms with E-state index in [9.17, 15) is 0 Å². The van der Waals surface area contributed by atoms with Gasteiger partial charge in [0.15, 0.2) is 5.13 Å². The maximum atomic E-state index is 5.70. The van der Waals surface area contributed by atoms with Crippen molar-refractivity contribution in [3.05, 3.63) is 28.8 Å². The summed E-state index contributed by atoms with van der Waals surface area (Å²) in [5, 5.41) is 6.45. The summed E-state index contributed by atoms with van der Waals surface area (Å²) in [4.78, 5) is 11.3. The normalized spacial score (nSPS) is 10.5. The number of halogens is 1. The van der Waals surface area contributed by atoms with Gasteiger partial charge in [-0.25, -0.2) is 9.97 Å². The number of anilines is 1. The van der Waals surface area contributed by atoms with E-state index in [0.29, 0.717) is 5.15 Å². The highest BCUT2D eigenvalue weighted by Crippen LogP contribution is 2.18. The van der Waals surface area contributed by atoms with Crippen LogP contribution in [0.15, 0.2) is 17.8 Å². The summed E-state index contributed by atoms with van der Waals surface area (Å²) >= 11 is 7.22. The van der Waals surface area contributed by atoms with Crippen LogP contribution in [0.1, 0.15) is 12.2 Å². The molecule has 0 atom stereocenters. The monoisotopic (exact) mass is 242 g/mol. The minimum Gasteiger partial charge on any atom is -0.361 e. The molecule has 2 aromatic rings. The molecule has 4 nitrogen and oxygen atoms in total. The number of aromatic amines is 1. The van der Waals surface area contributed by atoms with Gasteiger partial charge in [0.05, 0.1) is 0 Å². The van der Waals surface area contributed by atoms with Gasteiger partial charge in [-0.1, -0.05) is 11.6 Å². The van der Waals surface area contributed by atoms with Crippen LogP contribution in [0, 0.1) is 0 Å². The number of hydrogen-bond acceptors (Lipinski definition) is 4. The van der Waals surface area contributed by atoms with Crippen molar-refractivity contribution in [3.8, 4) is 0 Å². The first-order chi connectivity index (χ1) is 7.34. The third kappa shape index (κ3) is 3.21. The highest BCUT2D eigenvalue weighted by atomic mass is 35.5. The average Bonchev–Trinajstić information content (AvgIpc) is 2.84. The Labute approximate surface area is 96.7 Å². The molecule has 0 spiro atoms. The number of imidazole rings is 1. The molecule has 15 heavy (non-hydrogen) atoms. The molecule has 0 unspecified atom stereocenters. The SMILES string of the molecule is Clc1csc(NCCCc2ncc[nH]2)n1. The van der Waals surface area contributed by atoms with E-state index in [1.165, 1.54) is 11.3 Å². The predicted molar refractivity (Wildman–Crippen MR) is 62.5 cm³/mol. The van der Waals surface area contributed by atoms with Crippen LogP contribution in [0.2, 0.25) is 5.15 Å². The zero-order valence-electron chi connectivity index (χ0n) is 8.03. The van der Waals surface area contributed by atoms with Gasteiger partial charge in [-0.3, -0.25) is 0 Å².